The van der Waals surface area contributed by atoms with Crippen molar-refractivity contribution >= 4 is 0 Å². The summed E-state index contributed by atoms with van der Waals surface area (Å²) in [6.45, 7) is 0. The van der Waals surface area contributed by atoms with Crippen LogP contribution in [0.15, 0.2) is 0 Å². The van der Waals surface area contributed by atoms with Gasteiger partial charge in [0.25, 0.3) is 0 Å². The van der Waals surface area contributed by atoms with Gasteiger partial charge in [0.2, 0.25) is 0 Å². The second kappa shape index (κ2) is 24.3. The fraction of sp³-hybridized carbons (Fsp3) is 0. The molecule has 0 aliphatic heterocycles. The van der Waals surface area contributed by atoms with E-state index in [-0.39, 0.29) is 56.9 Å². The maximum atomic E-state index is 6.00. The van der Waals surface area contributed by atoms with Crippen LogP contribution in [0.1, 0.15) is 0 Å². The minimum absolute atomic E-state index is 0. The van der Waals surface area contributed by atoms with Crippen molar-refractivity contribution in [2.75, 3.05) is 0 Å². The second-order valence-electron chi connectivity index (χ2n) is 0. The van der Waals surface area contributed by atoms with E-state index < -0.39 is 0 Å². The van der Waals surface area contributed by atoms with Gasteiger partial charge in [-0.25, -0.2) is 0 Å². The van der Waals surface area contributed by atoms with Crippen molar-refractivity contribution in [3.8, 4) is 0 Å². The van der Waals surface area contributed by atoms with Gasteiger partial charge in [0.1, 0.15) is 0 Å². The average molecular weight is 90.1 g/mol. The molecule has 0 saturated carbocycles. The van der Waals surface area contributed by atoms with E-state index in [1.807, 2.05) is 0 Å². The second-order valence-corrected chi connectivity index (χ2v) is 0. The summed E-state index contributed by atoms with van der Waals surface area (Å²) in [6.07, 6.45) is 0. The minimum Gasteiger partial charge on any atom is -0.870 e. The summed E-state index contributed by atoms with van der Waals surface area (Å²) in [5.74, 6) is 0. The molecule has 0 unspecified atom stereocenters. The van der Waals surface area contributed by atoms with Crippen molar-refractivity contribution in [2.45, 2.75) is 0 Å². The van der Waals surface area contributed by atoms with Gasteiger partial charge in [0.15, 0.2) is 0 Å². The van der Waals surface area contributed by atoms with Crippen molar-refractivity contribution < 1.29 is 67.4 Å². The van der Waals surface area contributed by atoms with E-state index in [2.05, 4.69) is 0 Å². The fourth-order valence-electron chi connectivity index (χ4n) is 0. The van der Waals surface area contributed by atoms with Crippen molar-refractivity contribution in [1.82, 2.24) is 0 Å². The molecule has 0 heterocycles. The molecule has 0 rings (SSSR count). The first-order valence-corrected chi connectivity index (χ1v) is 0.200. The third-order valence-electron chi connectivity index (χ3n) is 0. The predicted molar refractivity (Wildman–Crippen MR) is 7.19 cm³/mol. The molecule has 0 aromatic rings. The van der Waals surface area contributed by atoms with Crippen LogP contribution >= 0.6 is 0 Å². The zero-order valence-electron chi connectivity index (χ0n) is 2.34. The van der Waals surface area contributed by atoms with E-state index in [0.29, 0.717) is 0 Å². The smallest absolute Gasteiger partial charge is 0.870 e. The molecule has 3 N–H and O–H groups in total. The summed E-state index contributed by atoms with van der Waals surface area (Å²) < 4.78 is 0. The van der Waals surface area contributed by atoms with Gasteiger partial charge in [-0.05, 0) is 0 Å². The Labute approximate surface area is 66.3 Å². The Morgan fingerprint density at radius 2 is 1.00 bits per heavy atom. The molecule has 0 radical (unpaired) electrons. The summed E-state index contributed by atoms with van der Waals surface area (Å²) in [5.41, 5.74) is 0. The molecule has 4 heavy (non-hydrogen) atoms. The maximum absolute atomic E-state index is 6.00. The molecule has 0 atom stereocenters. The van der Waals surface area contributed by atoms with Crippen molar-refractivity contribution in [3.05, 3.63) is 0 Å². The quantitative estimate of drug-likeness (QED) is 0.187. The van der Waals surface area contributed by atoms with E-state index in [9.17, 15) is 0 Å². The minimum atomic E-state index is 0. The van der Waals surface area contributed by atoms with Crippen LogP contribution < -0.4 is 51.4 Å². The molecule has 0 aromatic carbocycles. The number of hydrogen-bond acceptors (Lipinski definition) is 3. The van der Waals surface area contributed by atoms with Crippen molar-refractivity contribution in [1.29, 1.82) is 0 Å². The molecule has 0 aromatic heterocycles. The Hall–Kier alpha value is 1.52. The van der Waals surface area contributed by atoms with Crippen molar-refractivity contribution in [3.63, 3.8) is 0 Å². The molecule has 0 aliphatic carbocycles. The molecular weight excluding hydrogens is 87.1 g/mol. The van der Waals surface area contributed by atoms with Crippen molar-refractivity contribution in [2.24, 2.45) is 0 Å². The molecule has 0 bridgehead atoms. The average Bonchev–Trinajstić information content (AvgIpc) is 1.00. The zero-order chi connectivity index (χ0) is 2.00. The Kier molecular flexibility index (Phi) is 108. The predicted octanol–water partition coefficient (Wildman–Crippen LogP) is -3.16. The Balaban J connectivity index is -0.00000000500. The third kappa shape index (κ3) is 9.68. The van der Waals surface area contributed by atoms with Crippen LogP contribution in [-0.4, -0.2) is 16.0 Å². The van der Waals surface area contributed by atoms with Gasteiger partial charge in [-0.3, -0.25) is 10.5 Å². The van der Waals surface area contributed by atoms with E-state index in [1.165, 1.54) is 0 Å². The van der Waals surface area contributed by atoms with Gasteiger partial charge in [0.05, 0.1) is 0 Å². The summed E-state index contributed by atoms with van der Waals surface area (Å²) in [6, 6.07) is 0. The van der Waals surface area contributed by atoms with E-state index in [1.54, 1.807) is 0 Å². The van der Waals surface area contributed by atoms with Crippen LogP contribution in [0.2, 0.25) is 0 Å². The third-order valence-corrected chi connectivity index (χ3v) is 0. The van der Waals surface area contributed by atoms with E-state index in [4.69, 9.17) is 10.5 Å². The Morgan fingerprint density at radius 1 is 1.00 bits per heavy atom. The first kappa shape index (κ1) is 17.8. The zero-order valence-corrected chi connectivity index (χ0v) is 5.46. The Morgan fingerprint density at radius 3 is 1.00 bits per heavy atom. The van der Waals surface area contributed by atoms with E-state index in [0.717, 1.165) is 0 Å². The molecular formula is H3KO3. The summed E-state index contributed by atoms with van der Waals surface area (Å²) >= 11 is 0. The van der Waals surface area contributed by atoms with Gasteiger partial charge in [0, 0.05) is 0 Å². The fourth-order valence-corrected chi connectivity index (χ4v) is 0. The normalized spacial score (nSPS) is 1.50. The van der Waals surface area contributed by atoms with Gasteiger partial charge < -0.3 is 5.48 Å². The molecule has 22 valence electrons. The maximum Gasteiger partial charge on any atom is 1.00 e. The van der Waals surface area contributed by atoms with Gasteiger partial charge in [-0.2, -0.15) is 0 Å². The molecule has 0 spiro atoms. The van der Waals surface area contributed by atoms with Crippen LogP contribution in [0.25, 0.3) is 0 Å². The monoisotopic (exact) mass is 90.0 g/mol. The molecule has 0 saturated heterocycles. The summed E-state index contributed by atoms with van der Waals surface area (Å²) in [4.78, 5) is 0. The van der Waals surface area contributed by atoms with Crippen LogP contribution in [0.3, 0.4) is 0 Å². The first-order valence-electron chi connectivity index (χ1n) is 0.200. The summed E-state index contributed by atoms with van der Waals surface area (Å²) in [7, 11) is 0. The van der Waals surface area contributed by atoms with Gasteiger partial charge in [-0.1, -0.05) is 0 Å². The largest absolute Gasteiger partial charge is 1.00 e. The van der Waals surface area contributed by atoms with E-state index >= 15 is 0 Å². The summed E-state index contributed by atoms with van der Waals surface area (Å²) in [5, 5.41) is 12.0. The molecule has 4 heteroatoms. The van der Waals surface area contributed by atoms with Crippen LogP contribution in [0.4, 0.5) is 0 Å². The SMILES string of the molecule is OO.[K+].[OH-]. The Bertz CT molecular complexity index is 3.25. The van der Waals surface area contributed by atoms with Gasteiger partial charge >= 0.3 is 51.4 Å². The molecule has 0 amide bonds. The molecule has 3 nitrogen and oxygen atoms in total. The topological polar surface area (TPSA) is 70.5 Å². The van der Waals surface area contributed by atoms with Crippen LogP contribution in [0.5, 0.6) is 0 Å². The van der Waals surface area contributed by atoms with Gasteiger partial charge in [-0.15, -0.1) is 0 Å². The molecule has 0 fully saturated rings. The number of hydrogen-bond donors (Lipinski definition) is 2. The standard InChI is InChI=1S/K.H2O2.H2O/c;1-2;/h;1-2H;1H2/q+1;;/p-1. The van der Waals surface area contributed by atoms with Crippen LogP contribution in [-0.2, 0) is 0 Å². The number of rotatable bonds is 0. The molecule has 0 aliphatic rings. The first-order chi connectivity index (χ1) is 1.00. The van der Waals surface area contributed by atoms with Crippen LogP contribution in [0, 0.1) is 0 Å².